The third kappa shape index (κ3) is 8.67. The van der Waals surface area contributed by atoms with Crippen molar-refractivity contribution in [3.63, 3.8) is 0 Å². The topological polar surface area (TPSA) is 78.9 Å². The highest BCUT2D eigenvalue weighted by molar-refractivity contribution is 5.92. The molecule has 0 saturated carbocycles. The lowest BCUT2D eigenvalue weighted by Crippen LogP contribution is -2.39. The number of rotatable bonds is 6. The Morgan fingerprint density at radius 1 is 0.842 bits per heavy atom. The molecule has 298 valence electrons. The summed E-state index contributed by atoms with van der Waals surface area (Å²) in [6.45, 7) is 7.60. The number of ether oxygens (including phenoxy) is 6. The molecule has 0 amide bonds. The van der Waals surface area contributed by atoms with Gasteiger partial charge in [0.05, 0.1) is 19.8 Å². The Hall–Kier alpha value is -5.72. The monoisotopic (exact) mass is 782 g/mol. The first-order valence-electron chi connectivity index (χ1n) is 18.7. The summed E-state index contributed by atoms with van der Waals surface area (Å²) >= 11 is 0. The third-order valence-electron chi connectivity index (χ3n) is 10.8. The van der Waals surface area contributed by atoms with Crippen molar-refractivity contribution in [3.05, 3.63) is 136 Å². The normalized spacial score (nSPS) is 19.7. The number of carbonyl (C=O) groups is 1. The summed E-state index contributed by atoms with van der Waals surface area (Å²) in [7, 11) is 7.24. The standard InChI is InChI=1S/C45H45F3N2O7/c1-7-30-18-20-49(3)36-23-28-8-13-33(14-9-28)55-39-25-29(10-17-38(39)52-5)24-37-41-32(19-21-50(37)4)26-40(53-6)42(43(41)54-27(2)22-35(30)36)56-44(51)31-11-15-34(16-12-31)57-45(46,47)48/h7-17,22,25-26,36-37H,1,18-21,23-24H2,2-6H3/b27-22+/t36-,37-/m0/s1. The Balaban J connectivity index is 1.40. The quantitative estimate of drug-likeness (QED) is 0.141. The second-order valence-electron chi connectivity index (χ2n) is 14.4. The predicted octanol–water partition coefficient (Wildman–Crippen LogP) is 9.41. The number of benzene rings is 4. The molecule has 9 nitrogen and oxygen atoms in total. The Bertz CT molecular complexity index is 2210. The zero-order valence-corrected chi connectivity index (χ0v) is 32.6. The van der Waals surface area contributed by atoms with E-state index in [9.17, 15) is 18.0 Å². The second-order valence-corrected chi connectivity index (χ2v) is 14.4. The van der Waals surface area contributed by atoms with Crippen LogP contribution in [0.2, 0.25) is 0 Å². The maximum atomic E-state index is 13.8. The minimum Gasteiger partial charge on any atom is -0.493 e. The molecule has 0 saturated heterocycles. The van der Waals surface area contributed by atoms with E-state index in [1.165, 1.54) is 19.2 Å². The minimum atomic E-state index is -4.88. The van der Waals surface area contributed by atoms with Crippen LogP contribution in [0, 0.1) is 0 Å². The molecule has 0 aromatic heterocycles. The molecule has 0 radical (unpaired) electrons. The van der Waals surface area contributed by atoms with Crippen LogP contribution in [0.1, 0.15) is 52.0 Å². The van der Waals surface area contributed by atoms with Gasteiger partial charge in [-0.25, -0.2) is 4.79 Å². The highest BCUT2D eigenvalue weighted by Crippen LogP contribution is 2.50. The van der Waals surface area contributed by atoms with Gasteiger partial charge in [0.1, 0.15) is 17.3 Å². The van der Waals surface area contributed by atoms with E-state index in [1.807, 2.05) is 62.5 Å². The number of hydrogen-bond donors (Lipinski definition) is 0. The summed E-state index contributed by atoms with van der Waals surface area (Å²) in [5.74, 6) is 1.75. The smallest absolute Gasteiger partial charge is 0.493 e. The van der Waals surface area contributed by atoms with Crippen molar-refractivity contribution >= 4 is 5.97 Å². The average molecular weight is 783 g/mol. The number of esters is 1. The largest absolute Gasteiger partial charge is 0.573 e. The second kappa shape index (κ2) is 16.4. The number of methoxy groups -OCH3 is 2. The van der Waals surface area contributed by atoms with Crippen LogP contribution in [0.3, 0.4) is 0 Å². The van der Waals surface area contributed by atoms with E-state index in [1.54, 1.807) is 7.11 Å². The Morgan fingerprint density at radius 3 is 2.19 bits per heavy atom. The van der Waals surface area contributed by atoms with Gasteiger partial charge in [-0.15, -0.1) is 13.2 Å². The molecule has 0 aliphatic carbocycles. The first-order valence-corrected chi connectivity index (χ1v) is 18.7. The first kappa shape index (κ1) is 39.5. The molecule has 4 heterocycles. The molecule has 0 N–H and O–H groups in total. The molecule has 0 unspecified atom stereocenters. The molecule has 2 atom stereocenters. The number of halogens is 3. The SMILES string of the molecule is C=CC1=C2/C=C(\C)Oc3c(OC(=O)c4ccc(OC(F)(F)F)cc4)c(OC)cc4c3[C@H](Cc3ccc(OC)c(c3)Oc3ccc(cc3)C[C@@H]2N(C)CC1)N(C)CC4. The number of likely N-dealkylation sites (N-methyl/N-ethyl adjacent to an activating group) is 2. The van der Waals surface area contributed by atoms with E-state index in [2.05, 4.69) is 40.3 Å². The Kier molecular flexibility index (Phi) is 11.4. The van der Waals surface area contributed by atoms with Crippen molar-refractivity contribution in [2.75, 3.05) is 41.4 Å². The maximum Gasteiger partial charge on any atom is 0.573 e. The summed E-state index contributed by atoms with van der Waals surface area (Å²) in [5, 5.41) is 0. The lowest BCUT2D eigenvalue weighted by Gasteiger charge is -2.37. The number of carbonyl (C=O) groups excluding carboxylic acids is 1. The summed E-state index contributed by atoms with van der Waals surface area (Å²) < 4.78 is 73.7. The summed E-state index contributed by atoms with van der Waals surface area (Å²) in [4.78, 5) is 18.4. The molecule has 4 aromatic rings. The molecular formula is C45H45F3N2O7. The highest BCUT2D eigenvalue weighted by Gasteiger charge is 2.35. The minimum absolute atomic E-state index is 0.00464. The molecule has 0 spiro atoms. The van der Waals surface area contributed by atoms with Gasteiger partial charge < -0.3 is 28.4 Å². The molecule has 4 aromatic carbocycles. The van der Waals surface area contributed by atoms with Crippen molar-refractivity contribution in [1.82, 2.24) is 9.80 Å². The molecule has 8 rings (SSSR count). The first-order chi connectivity index (χ1) is 27.3. The molecule has 0 fully saturated rings. The van der Waals surface area contributed by atoms with Crippen molar-refractivity contribution in [2.45, 2.75) is 51.1 Å². The molecule has 57 heavy (non-hydrogen) atoms. The summed E-state index contributed by atoms with van der Waals surface area (Å²) in [5.41, 5.74) is 6.04. The lowest BCUT2D eigenvalue weighted by atomic mass is 9.87. The van der Waals surface area contributed by atoms with E-state index >= 15 is 0 Å². The van der Waals surface area contributed by atoms with Crippen LogP contribution in [0.4, 0.5) is 13.2 Å². The van der Waals surface area contributed by atoms with Crippen molar-refractivity contribution in [2.24, 2.45) is 0 Å². The van der Waals surface area contributed by atoms with Crippen LogP contribution in [0.25, 0.3) is 0 Å². The van der Waals surface area contributed by atoms with Gasteiger partial charge in [-0.2, -0.15) is 0 Å². The third-order valence-corrected chi connectivity index (χ3v) is 10.8. The van der Waals surface area contributed by atoms with Gasteiger partial charge in [-0.3, -0.25) is 9.80 Å². The van der Waals surface area contributed by atoms with Crippen LogP contribution >= 0.6 is 0 Å². The van der Waals surface area contributed by atoms with Gasteiger partial charge >= 0.3 is 12.3 Å². The van der Waals surface area contributed by atoms with Gasteiger partial charge in [0, 0.05) is 30.7 Å². The highest BCUT2D eigenvalue weighted by atomic mass is 19.4. The van der Waals surface area contributed by atoms with Crippen LogP contribution in [-0.4, -0.2) is 69.6 Å². The lowest BCUT2D eigenvalue weighted by molar-refractivity contribution is -0.274. The summed E-state index contributed by atoms with van der Waals surface area (Å²) in [6.07, 6.45) is 1.77. The van der Waals surface area contributed by atoms with E-state index in [0.29, 0.717) is 48.0 Å². The van der Waals surface area contributed by atoms with E-state index in [0.717, 1.165) is 65.0 Å². The number of nitrogens with zero attached hydrogens (tertiary/aromatic N) is 2. The zero-order valence-electron chi connectivity index (χ0n) is 32.6. The van der Waals surface area contributed by atoms with Gasteiger partial charge in [-0.1, -0.05) is 30.9 Å². The van der Waals surface area contributed by atoms with E-state index < -0.39 is 18.1 Å². The van der Waals surface area contributed by atoms with E-state index in [4.69, 9.17) is 23.7 Å². The fourth-order valence-electron chi connectivity index (χ4n) is 7.81. The molecule has 4 aliphatic heterocycles. The number of allylic oxidation sites excluding steroid dienone is 2. The van der Waals surface area contributed by atoms with Gasteiger partial charge in [0.15, 0.2) is 23.0 Å². The van der Waals surface area contributed by atoms with Crippen molar-refractivity contribution in [3.8, 4) is 40.2 Å². The molecular weight excluding hydrogens is 737 g/mol. The van der Waals surface area contributed by atoms with Crippen LogP contribution in [0.15, 0.2) is 108 Å². The number of fused-ring (bicyclic) bond motifs is 3. The van der Waals surface area contributed by atoms with Crippen LogP contribution < -0.4 is 28.4 Å². The maximum absolute atomic E-state index is 13.8. The van der Waals surface area contributed by atoms with Crippen molar-refractivity contribution in [1.29, 1.82) is 0 Å². The summed E-state index contributed by atoms with van der Waals surface area (Å²) in [6, 6.07) is 20.1. The molecule has 4 bridgehead atoms. The van der Waals surface area contributed by atoms with Gasteiger partial charge in [0.2, 0.25) is 5.75 Å². The molecule has 12 heteroatoms. The van der Waals surface area contributed by atoms with E-state index in [-0.39, 0.29) is 29.1 Å². The number of hydrogen-bond acceptors (Lipinski definition) is 9. The van der Waals surface area contributed by atoms with Crippen molar-refractivity contribution < 1.29 is 46.4 Å². The van der Waals surface area contributed by atoms with Gasteiger partial charge in [0.25, 0.3) is 0 Å². The Labute approximate surface area is 330 Å². The van der Waals surface area contributed by atoms with Crippen LogP contribution in [-0.2, 0) is 19.3 Å². The number of alkyl halides is 3. The zero-order chi connectivity index (χ0) is 40.4. The van der Waals surface area contributed by atoms with Gasteiger partial charge in [-0.05, 0) is 135 Å². The Morgan fingerprint density at radius 2 is 1.51 bits per heavy atom. The average Bonchev–Trinajstić information content (AvgIpc) is 3.18. The fraction of sp³-hybridized carbons (Fsp3) is 0.311. The van der Waals surface area contributed by atoms with Crippen LogP contribution in [0.5, 0.6) is 40.2 Å². The predicted molar refractivity (Wildman–Crippen MR) is 210 cm³/mol. The molecule has 4 aliphatic rings. The fourth-order valence-corrected chi connectivity index (χ4v) is 7.81.